The molecule has 0 fully saturated rings. The van der Waals surface area contributed by atoms with Crippen molar-refractivity contribution in [2.45, 2.75) is 0 Å². The number of para-hydroxylation sites is 1. The highest BCUT2D eigenvalue weighted by Gasteiger charge is 2.14. The summed E-state index contributed by atoms with van der Waals surface area (Å²) < 4.78 is 0. The molecule has 234 valence electrons. The van der Waals surface area contributed by atoms with Gasteiger partial charge in [-0.2, -0.15) is 0 Å². The molecule has 0 aliphatic carbocycles. The van der Waals surface area contributed by atoms with Gasteiger partial charge in [-0.05, 0) is 34.2 Å². The Morgan fingerprint density at radius 2 is 0.700 bits per heavy atom. The zero-order chi connectivity index (χ0) is 33.3. The predicted molar refractivity (Wildman–Crippen MR) is 203 cm³/mol. The molecule has 0 amide bonds. The fourth-order valence-electron chi connectivity index (χ4n) is 6.41. The molecule has 0 unspecified atom stereocenters. The lowest BCUT2D eigenvalue weighted by Crippen LogP contribution is -2.00. The van der Waals surface area contributed by atoms with E-state index >= 15 is 0 Å². The van der Waals surface area contributed by atoms with Crippen LogP contribution in [0.1, 0.15) is 0 Å². The average Bonchev–Trinajstić information content (AvgIpc) is 3.21. The Kier molecular flexibility index (Phi) is 7.41. The molecule has 3 heterocycles. The van der Waals surface area contributed by atoms with Gasteiger partial charge in [0.1, 0.15) is 0 Å². The first-order valence-corrected chi connectivity index (χ1v) is 16.6. The smallest absolute Gasteiger partial charge is 0.164 e. The Labute approximate surface area is 289 Å². The van der Waals surface area contributed by atoms with Gasteiger partial charge in [-0.1, -0.05) is 158 Å². The molecule has 0 bridgehead atoms. The van der Waals surface area contributed by atoms with Crippen molar-refractivity contribution in [3.05, 3.63) is 176 Å². The summed E-state index contributed by atoms with van der Waals surface area (Å²) in [5, 5.41) is 3.41. The van der Waals surface area contributed by atoms with Crippen molar-refractivity contribution in [3.63, 3.8) is 0 Å². The Morgan fingerprint density at radius 1 is 0.280 bits per heavy atom. The van der Waals surface area contributed by atoms with E-state index in [9.17, 15) is 0 Å². The summed E-state index contributed by atoms with van der Waals surface area (Å²) in [7, 11) is 0. The summed E-state index contributed by atoms with van der Waals surface area (Å²) in [6.07, 6.45) is 1.92. The zero-order valence-electron chi connectivity index (χ0n) is 27.0. The molecule has 50 heavy (non-hydrogen) atoms. The number of benzene rings is 6. The van der Waals surface area contributed by atoms with Crippen LogP contribution in [0.3, 0.4) is 0 Å². The van der Waals surface area contributed by atoms with E-state index in [0.29, 0.717) is 17.5 Å². The molecule has 0 spiro atoms. The van der Waals surface area contributed by atoms with Crippen LogP contribution in [0.4, 0.5) is 0 Å². The number of hydrogen-bond acceptors (Lipinski definition) is 5. The van der Waals surface area contributed by atoms with Gasteiger partial charge < -0.3 is 0 Å². The van der Waals surface area contributed by atoms with E-state index in [1.165, 1.54) is 10.9 Å². The van der Waals surface area contributed by atoms with Gasteiger partial charge in [-0.3, -0.25) is 4.98 Å². The molecule has 0 saturated heterocycles. The summed E-state index contributed by atoms with van der Waals surface area (Å²) in [6.45, 7) is 0. The lowest BCUT2D eigenvalue weighted by Gasteiger charge is -2.11. The number of fused-ring (bicyclic) bond motifs is 3. The number of rotatable bonds is 6. The standard InChI is InChI=1S/C45H29N5/c1-3-11-30(12-4-1)31-19-23-34(24-20-31)44-48-43(33-13-5-2-6-14-33)49-45(50-44)35-25-21-32(22-26-35)36-27-28-41(46-29-36)42-39-17-8-7-15-37(39)38-16-9-10-18-40(38)47-42/h1-29H. The van der Waals surface area contributed by atoms with Crippen LogP contribution >= 0.6 is 0 Å². The van der Waals surface area contributed by atoms with Crippen molar-refractivity contribution >= 4 is 21.7 Å². The molecule has 3 aromatic heterocycles. The van der Waals surface area contributed by atoms with Crippen molar-refractivity contribution in [2.24, 2.45) is 0 Å². The third-order valence-electron chi connectivity index (χ3n) is 9.01. The first-order chi connectivity index (χ1) is 24.8. The fourth-order valence-corrected chi connectivity index (χ4v) is 6.41. The maximum absolute atomic E-state index is 5.02. The summed E-state index contributed by atoms with van der Waals surface area (Å²) in [6, 6.07) is 57.9. The SMILES string of the molecule is c1ccc(-c2ccc(-c3nc(-c4ccccc4)nc(-c4ccc(-c5ccc(-c6nc7ccccc7c7ccccc67)nc5)cc4)n3)cc2)cc1. The van der Waals surface area contributed by atoms with Gasteiger partial charge in [0.15, 0.2) is 17.5 Å². The van der Waals surface area contributed by atoms with Gasteiger partial charge in [0.05, 0.1) is 16.9 Å². The van der Waals surface area contributed by atoms with Crippen LogP contribution in [0.2, 0.25) is 0 Å². The van der Waals surface area contributed by atoms with E-state index < -0.39 is 0 Å². The molecule has 0 radical (unpaired) electrons. The topological polar surface area (TPSA) is 64.5 Å². The summed E-state index contributed by atoms with van der Waals surface area (Å²) >= 11 is 0. The van der Waals surface area contributed by atoms with Crippen molar-refractivity contribution < 1.29 is 0 Å². The number of nitrogens with zero attached hydrogens (tertiary/aromatic N) is 5. The Hall–Kier alpha value is -6.85. The highest BCUT2D eigenvalue weighted by Crippen LogP contribution is 2.33. The van der Waals surface area contributed by atoms with Crippen LogP contribution in [0.15, 0.2) is 176 Å². The quantitative estimate of drug-likeness (QED) is 0.169. The molecule has 0 aliphatic rings. The maximum Gasteiger partial charge on any atom is 0.164 e. The van der Waals surface area contributed by atoms with Gasteiger partial charge in [0.25, 0.3) is 0 Å². The number of hydrogen-bond donors (Lipinski definition) is 0. The van der Waals surface area contributed by atoms with E-state index in [1.54, 1.807) is 0 Å². The van der Waals surface area contributed by atoms with Gasteiger partial charge in [-0.25, -0.2) is 19.9 Å². The van der Waals surface area contributed by atoms with Gasteiger partial charge in [0.2, 0.25) is 0 Å². The summed E-state index contributed by atoms with van der Waals surface area (Å²) in [5.74, 6) is 1.89. The van der Waals surface area contributed by atoms with Crippen LogP contribution in [0.5, 0.6) is 0 Å². The Balaban J connectivity index is 1.04. The molecule has 9 rings (SSSR count). The predicted octanol–water partition coefficient (Wildman–Crippen LogP) is 11.0. The molecule has 5 nitrogen and oxygen atoms in total. The monoisotopic (exact) mass is 639 g/mol. The minimum atomic E-state index is 0.621. The Morgan fingerprint density at radius 3 is 1.28 bits per heavy atom. The van der Waals surface area contributed by atoms with Gasteiger partial charge in [0, 0.05) is 39.2 Å². The van der Waals surface area contributed by atoms with E-state index in [4.69, 9.17) is 24.9 Å². The van der Waals surface area contributed by atoms with E-state index in [1.807, 2.05) is 48.7 Å². The second-order valence-corrected chi connectivity index (χ2v) is 12.1. The first kappa shape index (κ1) is 29.3. The van der Waals surface area contributed by atoms with Crippen LogP contribution in [0.25, 0.3) is 89.5 Å². The number of aromatic nitrogens is 5. The molecule has 5 heteroatoms. The van der Waals surface area contributed by atoms with Gasteiger partial charge >= 0.3 is 0 Å². The molecule has 6 aromatic carbocycles. The minimum Gasteiger partial charge on any atom is -0.254 e. The Bertz CT molecular complexity index is 2600. The second-order valence-electron chi connectivity index (χ2n) is 12.1. The third-order valence-corrected chi connectivity index (χ3v) is 9.01. The third kappa shape index (κ3) is 5.57. The molecule has 0 N–H and O–H groups in total. The van der Waals surface area contributed by atoms with Crippen molar-refractivity contribution in [3.8, 4) is 67.8 Å². The van der Waals surface area contributed by atoms with Crippen LogP contribution in [-0.2, 0) is 0 Å². The zero-order valence-corrected chi connectivity index (χ0v) is 27.0. The van der Waals surface area contributed by atoms with Crippen molar-refractivity contribution in [1.82, 2.24) is 24.9 Å². The molecule has 0 saturated carbocycles. The molecular weight excluding hydrogens is 611 g/mol. The normalized spacial score (nSPS) is 11.2. The highest BCUT2D eigenvalue weighted by atomic mass is 15.0. The first-order valence-electron chi connectivity index (χ1n) is 16.6. The van der Waals surface area contributed by atoms with Gasteiger partial charge in [-0.15, -0.1) is 0 Å². The van der Waals surface area contributed by atoms with Crippen LogP contribution in [-0.4, -0.2) is 24.9 Å². The molecular formula is C45H29N5. The average molecular weight is 640 g/mol. The van der Waals surface area contributed by atoms with Crippen LogP contribution in [0, 0.1) is 0 Å². The maximum atomic E-state index is 5.02. The second kappa shape index (κ2) is 12.6. The van der Waals surface area contributed by atoms with Crippen molar-refractivity contribution in [1.29, 1.82) is 0 Å². The van der Waals surface area contributed by atoms with E-state index in [-0.39, 0.29) is 0 Å². The van der Waals surface area contributed by atoms with E-state index in [0.717, 1.165) is 61.1 Å². The lowest BCUT2D eigenvalue weighted by atomic mass is 10.0. The number of pyridine rings is 2. The molecule has 0 atom stereocenters. The largest absolute Gasteiger partial charge is 0.254 e. The molecule has 0 aliphatic heterocycles. The summed E-state index contributed by atoms with van der Waals surface area (Å²) in [5.41, 5.74) is 9.86. The highest BCUT2D eigenvalue weighted by molar-refractivity contribution is 6.10. The van der Waals surface area contributed by atoms with E-state index in [2.05, 4.69) is 127 Å². The minimum absolute atomic E-state index is 0.621. The fraction of sp³-hybridized carbons (Fsp3) is 0. The van der Waals surface area contributed by atoms with Crippen LogP contribution < -0.4 is 0 Å². The molecule has 9 aromatic rings. The van der Waals surface area contributed by atoms with Crippen molar-refractivity contribution in [2.75, 3.05) is 0 Å². The lowest BCUT2D eigenvalue weighted by molar-refractivity contribution is 1.07. The summed E-state index contributed by atoms with van der Waals surface area (Å²) in [4.78, 5) is 24.7.